The van der Waals surface area contributed by atoms with Crippen LogP contribution in [-0.2, 0) is 4.79 Å². The summed E-state index contributed by atoms with van der Waals surface area (Å²) in [5, 5.41) is 9.22. The standard InChI is InChI=1S/C25H22FN5O2S/c1-16-3-7-18(8-4-16)23-28-30-25(31(23)21-13-5-17(2)6-14-21)34-15-22(32)27-29-24(33)19-9-11-20(26)12-10-19/h3-14H,15H2,1-2H3,(H,27,32)(H,29,33). The molecular weight excluding hydrogens is 453 g/mol. The van der Waals surface area contributed by atoms with Gasteiger partial charge in [0.1, 0.15) is 5.82 Å². The molecule has 9 heteroatoms. The van der Waals surface area contributed by atoms with E-state index in [4.69, 9.17) is 0 Å². The molecule has 3 aromatic carbocycles. The molecule has 4 aromatic rings. The second-order valence-corrected chi connectivity index (χ2v) is 8.58. The summed E-state index contributed by atoms with van der Waals surface area (Å²) in [6.45, 7) is 4.03. The first kappa shape index (κ1) is 23.2. The van der Waals surface area contributed by atoms with Crippen molar-refractivity contribution in [1.29, 1.82) is 0 Å². The van der Waals surface area contributed by atoms with Gasteiger partial charge in [0.2, 0.25) is 5.91 Å². The number of aromatic nitrogens is 3. The number of hydrogen-bond donors (Lipinski definition) is 2. The first-order valence-corrected chi connectivity index (χ1v) is 11.5. The number of hydrogen-bond acceptors (Lipinski definition) is 5. The number of rotatable bonds is 6. The number of carbonyl (C=O) groups is 2. The molecule has 4 rings (SSSR count). The number of nitrogens with one attached hydrogen (secondary N) is 2. The number of amides is 2. The second kappa shape index (κ2) is 10.3. The van der Waals surface area contributed by atoms with Gasteiger partial charge >= 0.3 is 0 Å². The maximum Gasteiger partial charge on any atom is 0.269 e. The molecule has 0 fully saturated rings. The zero-order valence-electron chi connectivity index (χ0n) is 18.6. The molecule has 0 aliphatic rings. The van der Waals surface area contributed by atoms with Crippen molar-refractivity contribution in [2.24, 2.45) is 0 Å². The summed E-state index contributed by atoms with van der Waals surface area (Å²) in [5.74, 6) is -0.739. The highest BCUT2D eigenvalue weighted by Crippen LogP contribution is 2.28. The van der Waals surface area contributed by atoms with Crippen molar-refractivity contribution in [2.45, 2.75) is 19.0 Å². The molecular formula is C25H22FN5O2S. The van der Waals surface area contributed by atoms with Gasteiger partial charge < -0.3 is 0 Å². The molecule has 0 saturated carbocycles. The lowest BCUT2D eigenvalue weighted by molar-refractivity contribution is -0.119. The Morgan fingerprint density at radius 2 is 1.47 bits per heavy atom. The Morgan fingerprint density at radius 1 is 0.853 bits per heavy atom. The first-order valence-electron chi connectivity index (χ1n) is 10.5. The summed E-state index contributed by atoms with van der Waals surface area (Å²) in [7, 11) is 0. The van der Waals surface area contributed by atoms with Crippen LogP contribution in [-0.4, -0.2) is 32.3 Å². The number of hydrazine groups is 1. The summed E-state index contributed by atoms with van der Waals surface area (Å²) < 4.78 is 14.9. The van der Waals surface area contributed by atoms with E-state index in [9.17, 15) is 14.0 Å². The Kier molecular flexibility index (Phi) is 7.03. The quantitative estimate of drug-likeness (QED) is 0.322. The van der Waals surface area contributed by atoms with E-state index in [0.717, 1.165) is 22.4 Å². The zero-order chi connectivity index (χ0) is 24.1. The molecule has 2 N–H and O–H groups in total. The Hall–Kier alpha value is -3.98. The van der Waals surface area contributed by atoms with Crippen LogP contribution in [0.1, 0.15) is 21.5 Å². The van der Waals surface area contributed by atoms with Crippen LogP contribution in [0.15, 0.2) is 78.0 Å². The monoisotopic (exact) mass is 475 g/mol. The van der Waals surface area contributed by atoms with E-state index in [-0.39, 0.29) is 11.3 Å². The summed E-state index contributed by atoms with van der Waals surface area (Å²) in [4.78, 5) is 24.5. The molecule has 0 aliphatic heterocycles. The Morgan fingerprint density at radius 3 is 2.12 bits per heavy atom. The lowest BCUT2D eigenvalue weighted by Crippen LogP contribution is -2.42. The molecule has 2 amide bonds. The maximum absolute atomic E-state index is 13.0. The fourth-order valence-electron chi connectivity index (χ4n) is 3.15. The number of carbonyl (C=O) groups excluding carboxylic acids is 2. The minimum Gasteiger partial charge on any atom is -0.272 e. The molecule has 0 aliphatic carbocycles. The summed E-state index contributed by atoms with van der Waals surface area (Å²) >= 11 is 1.20. The smallest absolute Gasteiger partial charge is 0.269 e. The van der Waals surface area contributed by atoms with Gasteiger partial charge in [-0.25, -0.2) is 4.39 Å². The lowest BCUT2D eigenvalue weighted by atomic mass is 10.1. The molecule has 34 heavy (non-hydrogen) atoms. The van der Waals surface area contributed by atoms with Crippen molar-refractivity contribution in [1.82, 2.24) is 25.6 Å². The van der Waals surface area contributed by atoms with Crippen molar-refractivity contribution < 1.29 is 14.0 Å². The predicted molar refractivity (Wildman–Crippen MR) is 129 cm³/mol. The summed E-state index contributed by atoms with van der Waals surface area (Å²) in [6, 6.07) is 21.0. The highest BCUT2D eigenvalue weighted by molar-refractivity contribution is 7.99. The number of thioether (sulfide) groups is 1. The number of halogens is 1. The van der Waals surface area contributed by atoms with Crippen molar-refractivity contribution in [3.63, 3.8) is 0 Å². The Labute approximate surface area is 200 Å². The van der Waals surface area contributed by atoms with E-state index < -0.39 is 17.6 Å². The molecule has 0 bridgehead atoms. The summed E-state index contributed by atoms with van der Waals surface area (Å²) in [5.41, 5.74) is 8.97. The minimum atomic E-state index is -0.539. The third kappa shape index (κ3) is 5.49. The van der Waals surface area contributed by atoms with Crippen molar-refractivity contribution in [3.8, 4) is 17.1 Å². The third-order valence-electron chi connectivity index (χ3n) is 4.99. The van der Waals surface area contributed by atoms with Crippen LogP contribution in [0.2, 0.25) is 0 Å². The lowest BCUT2D eigenvalue weighted by Gasteiger charge is -2.11. The fraction of sp³-hybridized carbons (Fsp3) is 0.120. The fourth-order valence-corrected chi connectivity index (χ4v) is 3.90. The molecule has 0 radical (unpaired) electrons. The highest BCUT2D eigenvalue weighted by Gasteiger charge is 2.17. The molecule has 1 heterocycles. The van der Waals surface area contributed by atoms with Crippen LogP contribution < -0.4 is 10.9 Å². The number of benzene rings is 3. The number of aryl methyl sites for hydroxylation is 2. The van der Waals surface area contributed by atoms with Gasteiger partial charge in [-0.3, -0.25) is 25.0 Å². The first-order chi connectivity index (χ1) is 16.4. The van der Waals surface area contributed by atoms with E-state index in [1.54, 1.807) is 0 Å². The van der Waals surface area contributed by atoms with E-state index in [1.165, 1.54) is 36.0 Å². The largest absolute Gasteiger partial charge is 0.272 e. The average Bonchev–Trinajstić information content (AvgIpc) is 3.26. The van der Waals surface area contributed by atoms with Crippen LogP contribution >= 0.6 is 11.8 Å². The van der Waals surface area contributed by atoms with Crippen molar-refractivity contribution in [2.75, 3.05) is 5.75 Å². The molecule has 0 atom stereocenters. The van der Waals surface area contributed by atoms with Crippen molar-refractivity contribution in [3.05, 3.63) is 95.3 Å². The van der Waals surface area contributed by atoms with E-state index >= 15 is 0 Å². The number of nitrogens with zero attached hydrogens (tertiary/aromatic N) is 3. The van der Waals surface area contributed by atoms with E-state index in [0.29, 0.717) is 11.0 Å². The van der Waals surface area contributed by atoms with E-state index in [2.05, 4.69) is 21.0 Å². The van der Waals surface area contributed by atoms with Crippen LogP contribution in [0.3, 0.4) is 0 Å². The zero-order valence-corrected chi connectivity index (χ0v) is 19.4. The topological polar surface area (TPSA) is 88.9 Å². The van der Waals surface area contributed by atoms with Gasteiger partial charge in [-0.1, -0.05) is 59.3 Å². The van der Waals surface area contributed by atoms with Crippen molar-refractivity contribution >= 4 is 23.6 Å². The third-order valence-corrected chi connectivity index (χ3v) is 5.92. The van der Waals surface area contributed by atoms with Crippen LogP contribution in [0.25, 0.3) is 17.1 Å². The SMILES string of the molecule is Cc1ccc(-c2nnc(SCC(=O)NNC(=O)c3ccc(F)cc3)n2-c2ccc(C)cc2)cc1. The molecule has 0 spiro atoms. The minimum absolute atomic E-state index is 0.00158. The Balaban J connectivity index is 1.48. The molecule has 0 unspecified atom stereocenters. The molecule has 7 nitrogen and oxygen atoms in total. The van der Waals surface area contributed by atoms with Crippen LogP contribution in [0, 0.1) is 19.7 Å². The van der Waals surface area contributed by atoms with Gasteiger partial charge in [0, 0.05) is 16.8 Å². The Bertz CT molecular complexity index is 1300. The van der Waals surface area contributed by atoms with Gasteiger partial charge in [0.15, 0.2) is 11.0 Å². The predicted octanol–water partition coefficient (Wildman–Crippen LogP) is 4.24. The average molecular weight is 476 g/mol. The second-order valence-electron chi connectivity index (χ2n) is 7.64. The molecule has 0 saturated heterocycles. The van der Waals surface area contributed by atoms with Gasteiger partial charge in [0.25, 0.3) is 5.91 Å². The summed E-state index contributed by atoms with van der Waals surface area (Å²) in [6.07, 6.45) is 0. The van der Waals surface area contributed by atoms with Crippen LogP contribution in [0.5, 0.6) is 0 Å². The van der Waals surface area contributed by atoms with Gasteiger partial charge in [-0.2, -0.15) is 0 Å². The van der Waals surface area contributed by atoms with Gasteiger partial charge in [-0.05, 0) is 50.2 Å². The highest BCUT2D eigenvalue weighted by atomic mass is 32.2. The molecule has 1 aromatic heterocycles. The van der Waals surface area contributed by atoms with Gasteiger partial charge in [-0.15, -0.1) is 10.2 Å². The molecule has 172 valence electrons. The maximum atomic E-state index is 13.0. The van der Waals surface area contributed by atoms with Crippen LogP contribution in [0.4, 0.5) is 4.39 Å². The van der Waals surface area contributed by atoms with E-state index in [1.807, 2.05) is 66.9 Å². The van der Waals surface area contributed by atoms with Gasteiger partial charge in [0.05, 0.1) is 5.75 Å². The normalized spacial score (nSPS) is 10.7.